The maximum absolute atomic E-state index is 11.4. The van der Waals surface area contributed by atoms with Gasteiger partial charge in [0.1, 0.15) is 0 Å². The molecule has 0 N–H and O–H groups in total. The molecular weight excluding hydrogens is 206 g/mol. The Morgan fingerprint density at radius 3 is 2.36 bits per heavy atom. The van der Waals surface area contributed by atoms with Crippen molar-refractivity contribution >= 4 is 21.8 Å². The molecule has 64 valence electrons. The maximum Gasteiger partial charge on any atom is 0.236 e. The van der Waals surface area contributed by atoms with Gasteiger partial charge in [-0.1, -0.05) is 15.9 Å². The number of halogens is 1. The van der Waals surface area contributed by atoms with Gasteiger partial charge in [0, 0.05) is 13.1 Å². The van der Waals surface area contributed by atoms with E-state index < -0.39 is 0 Å². The lowest BCUT2D eigenvalue weighted by Crippen LogP contribution is -2.39. The van der Waals surface area contributed by atoms with Gasteiger partial charge >= 0.3 is 0 Å². The van der Waals surface area contributed by atoms with E-state index in [4.69, 9.17) is 0 Å². The minimum Gasteiger partial charge on any atom is -0.342 e. The highest BCUT2D eigenvalue weighted by molar-refractivity contribution is 9.10. The van der Waals surface area contributed by atoms with Crippen LogP contribution in [0.15, 0.2) is 0 Å². The molecule has 1 saturated heterocycles. The van der Waals surface area contributed by atoms with E-state index in [1.807, 2.05) is 11.8 Å². The summed E-state index contributed by atoms with van der Waals surface area (Å²) in [4.78, 5) is 13.3. The fourth-order valence-electron chi connectivity index (χ4n) is 1.37. The first-order chi connectivity index (χ1) is 5.22. The van der Waals surface area contributed by atoms with Gasteiger partial charge in [-0.25, -0.2) is 0 Å². The van der Waals surface area contributed by atoms with Crippen molar-refractivity contribution in [3.63, 3.8) is 0 Å². The summed E-state index contributed by atoms with van der Waals surface area (Å²) in [5.74, 6) is 0.240. The van der Waals surface area contributed by atoms with Crippen LogP contribution in [0, 0.1) is 0 Å². The Balaban J connectivity index is 2.39. The predicted octanol–water partition coefficient (Wildman–Crippen LogP) is 1.78. The fraction of sp³-hybridized carbons (Fsp3) is 0.875. The number of nitrogens with zero attached hydrogens (tertiary/aromatic N) is 1. The third-order valence-corrected chi connectivity index (χ3v) is 2.40. The van der Waals surface area contributed by atoms with E-state index in [9.17, 15) is 4.79 Å². The Morgan fingerprint density at radius 2 is 1.91 bits per heavy atom. The molecule has 3 heteroatoms. The van der Waals surface area contributed by atoms with Crippen LogP contribution in [0.3, 0.4) is 0 Å². The second-order valence-electron chi connectivity index (χ2n) is 3.00. The predicted molar refractivity (Wildman–Crippen MR) is 48.8 cm³/mol. The van der Waals surface area contributed by atoms with Gasteiger partial charge < -0.3 is 4.90 Å². The van der Waals surface area contributed by atoms with Gasteiger partial charge in [-0.2, -0.15) is 0 Å². The molecule has 0 spiro atoms. The highest BCUT2D eigenvalue weighted by Gasteiger charge is 2.19. The molecule has 1 atom stereocenters. The van der Waals surface area contributed by atoms with Crippen LogP contribution in [0.5, 0.6) is 0 Å². The van der Waals surface area contributed by atoms with Gasteiger partial charge in [-0.05, 0) is 26.2 Å². The number of alkyl halides is 1. The zero-order valence-electron chi connectivity index (χ0n) is 6.85. The van der Waals surface area contributed by atoms with Crippen molar-refractivity contribution < 1.29 is 4.79 Å². The summed E-state index contributed by atoms with van der Waals surface area (Å²) < 4.78 is 0. The SMILES string of the molecule is CC(Br)C(=O)N1CCCCC1. The van der Waals surface area contributed by atoms with E-state index in [1.54, 1.807) is 0 Å². The fourth-order valence-corrected chi connectivity index (χ4v) is 1.66. The normalized spacial score (nSPS) is 21.5. The Bertz CT molecular complexity index is 141. The van der Waals surface area contributed by atoms with Gasteiger partial charge in [-0.15, -0.1) is 0 Å². The number of carbonyl (C=O) groups is 1. The topological polar surface area (TPSA) is 20.3 Å². The van der Waals surface area contributed by atoms with Crippen molar-refractivity contribution in [1.82, 2.24) is 4.90 Å². The van der Waals surface area contributed by atoms with E-state index >= 15 is 0 Å². The third-order valence-electron chi connectivity index (χ3n) is 2.01. The molecule has 11 heavy (non-hydrogen) atoms. The summed E-state index contributed by atoms with van der Waals surface area (Å²) >= 11 is 3.28. The van der Waals surface area contributed by atoms with Crippen molar-refractivity contribution in [3.05, 3.63) is 0 Å². The van der Waals surface area contributed by atoms with Gasteiger partial charge in [0.2, 0.25) is 5.91 Å². The molecule has 2 nitrogen and oxygen atoms in total. The minimum absolute atomic E-state index is 0.0133. The van der Waals surface area contributed by atoms with Gasteiger partial charge in [0.25, 0.3) is 0 Å². The van der Waals surface area contributed by atoms with E-state index in [0.29, 0.717) is 0 Å². The molecule has 0 saturated carbocycles. The van der Waals surface area contributed by atoms with E-state index in [1.165, 1.54) is 19.3 Å². The molecule has 1 unspecified atom stereocenters. The Kier molecular flexibility index (Phi) is 3.37. The van der Waals surface area contributed by atoms with Gasteiger partial charge in [0.15, 0.2) is 0 Å². The molecule has 0 aliphatic carbocycles. The van der Waals surface area contributed by atoms with Crippen LogP contribution in [0.25, 0.3) is 0 Å². The van der Waals surface area contributed by atoms with Crippen LogP contribution in [0.1, 0.15) is 26.2 Å². The number of carbonyl (C=O) groups excluding carboxylic acids is 1. The molecule has 1 aliphatic heterocycles. The van der Waals surface area contributed by atoms with E-state index in [-0.39, 0.29) is 10.7 Å². The smallest absolute Gasteiger partial charge is 0.236 e. The number of hydrogen-bond acceptors (Lipinski definition) is 1. The standard InChI is InChI=1S/C8H14BrNO/c1-7(9)8(11)10-5-3-2-4-6-10/h7H,2-6H2,1H3. The van der Waals surface area contributed by atoms with Crippen LogP contribution in [-0.2, 0) is 4.79 Å². The van der Waals surface area contributed by atoms with Crippen molar-refractivity contribution in [3.8, 4) is 0 Å². The second-order valence-corrected chi connectivity index (χ2v) is 4.38. The highest BCUT2D eigenvalue weighted by atomic mass is 79.9. The van der Waals surface area contributed by atoms with Crippen molar-refractivity contribution in [1.29, 1.82) is 0 Å². The summed E-state index contributed by atoms with van der Waals surface area (Å²) in [7, 11) is 0. The number of hydrogen-bond donors (Lipinski definition) is 0. The lowest BCUT2D eigenvalue weighted by molar-refractivity contribution is -0.131. The van der Waals surface area contributed by atoms with Crippen molar-refractivity contribution in [2.24, 2.45) is 0 Å². The van der Waals surface area contributed by atoms with Crippen molar-refractivity contribution in [2.45, 2.75) is 31.0 Å². The maximum atomic E-state index is 11.4. The zero-order valence-corrected chi connectivity index (χ0v) is 8.43. The molecule has 1 heterocycles. The first-order valence-corrected chi connectivity index (χ1v) is 5.06. The van der Waals surface area contributed by atoms with Crippen LogP contribution in [0.2, 0.25) is 0 Å². The Morgan fingerprint density at radius 1 is 1.36 bits per heavy atom. The van der Waals surface area contributed by atoms with Crippen LogP contribution in [0.4, 0.5) is 0 Å². The van der Waals surface area contributed by atoms with E-state index in [0.717, 1.165) is 13.1 Å². The van der Waals surface area contributed by atoms with Gasteiger partial charge in [0.05, 0.1) is 4.83 Å². The quantitative estimate of drug-likeness (QED) is 0.617. The summed E-state index contributed by atoms with van der Waals surface area (Å²) in [5.41, 5.74) is 0. The first kappa shape index (κ1) is 9.04. The minimum atomic E-state index is -0.0133. The number of rotatable bonds is 1. The van der Waals surface area contributed by atoms with Crippen LogP contribution < -0.4 is 0 Å². The molecule has 0 bridgehead atoms. The molecule has 1 amide bonds. The second kappa shape index (κ2) is 4.10. The summed E-state index contributed by atoms with van der Waals surface area (Å²) in [6.07, 6.45) is 3.62. The molecule has 1 aliphatic rings. The average Bonchev–Trinajstić information content (AvgIpc) is 2.05. The van der Waals surface area contributed by atoms with Crippen LogP contribution in [-0.4, -0.2) is 28.7 Å². The summed E-state index contributed by atoms with van der Waals surface area (Å²) in [6.45, 7) is 3.79. The lowest BCUT2D eigenvalue weighted by Gasteiger charge is -2.27. The largest absolute Gasteiger partial charge is 0.342 e. The Labute approximate surface area is 76.1 Å². The van der Waals surface area contributed by atoms with Crippen molar-refractivity contribution in [2.75, 3.05) is 13.1 Å². The first-order valence-electron chi connectivity index (χ1n) is 4.14. The monoisotopic (exact) mass is 219 g/mol. The van der Waals surface area contributed by atoms with Gasteiger partial charge in [-0.3, -0.25) is 4.79 Å². The lowest BCUT2D eigenvalue weighted by atomic mass is 10.1. The molecule has 1 rings (SSSR count). The molecular formula is C8H14BrNO. The third kappa shape index (κ3) is 2.47. The molecule has 1 fully saturated rings. The molecule has 0 aromatic carbocycles. The van der Waals surface area contributed by atoms with Crippen LogP contribution >= 0.6 is 15.9 Å². The molecule has 0 radical (unpaired) electrons. The summed E-state index contributed by atoms with van der Waals surface area (Å²) in [5, 5.41) is 0. The number of piperidine rings is 1. The molecule has 0 aromatic heterocycles. The highest BCUT2D eigenvalue weighted by Crippen LogP contribution is 2.12. The number of amides is 1. The van der Waals surface area contributed by atoms with E-state index in [2.05, 4.69) is 15.9 Å². The summed E-state index contributed by atoms with van der Waals surface area (Å²) in [6, 6.07) is 0. The molecule has 0 aromatic rings. The Hall–Kier alpha value is -0.0500. The number of likely N-dealkylation sites (tertiary alicyclic amines) is 1. The zero-order chi connectivity index (χ0) is 8.27. The average molecular weight is 220 g/mol.